The molecule has 106 valence electrons. The minimum Gasteiger partial charge on any atom is -0.373 e. The first kappa shape index (κ1) is 13.1. The Morgan fingerprint density at radius 1 is 1.55 bits per heavy atom. The largest absolute Gasteiger partial charge is 0.373 e. The molecule has 2 aromatic heterocycles. The number of hydrogen-bond donors (Lipinski definition) is 1. The molecule has 1 aliphatic heterocycles. The van der Waals surface area contributed by atoms with Gasteiger partial charge in [0.2, 0.25) is 0 Å². The Bertz CT molecular complexity index is 637. The number of morpholine rings is 1. The smallest absolute Gasteiger partial charge is 0.274 e. The third-order valence-electron chi connectivity index (χ3n) is 3.53. The minimum absolute atomic E-state index is 0.0619. The molecule has 1 fully saturated rings. The highest BCUT2D eigenvalue weighted by molar-refractivity contribution is 5.93. The second-order valence-electron chi connectivity index (χ2n) is 5.08. The average molecular weight is 274 g/mol. The van der Waals surface area contributed by atoms with Gasteiger partial charge in [0.15, 0.2) is 5.69 Å². The zero-order chi connectivity index (χ0) is 14.1. The maximum atomic E-state index is 12.5. The van der Waals surface area contributed by atoms with Crippen LogP contribution in [-0.4, -0.2) is 52.8 Å². The zero-order valence-corrected chi connectivity index (χ0v) is 11.5. The maximum absolute atomic E-state index is 12.5. The maximum Gasteiger partial charge on any atom is 0.274 e. The Kier molecular flexibility index (Phi) is 3.42. The number of nitrogens with zero attached hydrogens (tertiary/aromatic N) is 3. The highest BCUT2D eigenvalue weighted by atomic mass is 16.5. The van der Waals surface area contributed by atoms with E-state index in [9.17, 15) is 4.79 Å². The zero-order valence-electron chi connectivity index (χ0n) is 11.5. The van der Waals surface area contributed by atoms with Crippen molar-refractivity contribution in [2.75, 3.05) is 26.2 Å². The van der Waals surface area contributed by atoms with Gasteiger partial charge in [-0.15, -0.1) is 0 Å². The van der Waals surface area contributed by atoms with Crippen molar-refractivity contribution in [1.29, 1.82) is 0 Å². The van der Waals surface area contributed by atoms with Gasteiger partial charge in [-0.1, -0.05) is 0 Å². The molecule has 6 heteroatoms. The van der Waals surface area contributed by atoms with Crippen LogP contribution in [0.1, 0.15) is 16.1 Å². The molecule has 1 amide bonds. The van der Waals surface area contributed by atoms with E-state index in [1.807, 2.05) is 31.3 Å². The van der Waals surface area contributed by atoms with Gasteiger partial charge in [0.1, 0.15) is 0 Å². The molecule has 3 heterocycles. The number of rotatable bonds is 2. The van der Waals surface area contributed by atoms with Crippen LogP contribution in [0.3, 0.4) is 0 Å². The van der Waals surface area contributed by atoms with E-state index in [1.165, 1.54) is 0 Å². The fraction of sp³-hybridized carbons (Fsp3) is 0.429. The van der Waals surface area contributed by atoms with Crippen molar-refractivity contribution in [1.82, 2.24) is 14.5 Å². The van der Waals surface area contributed by atoms with Crippen molar-refractivity contribution in [2.24, 2.45) is 5.73 Å². The van der Waals surface area contributed by atoms with Crippen LogP contribution in [-0.2, 0) is 4.74 Å². The molecule has 6 nitrogen and oxygen atoms in total. The third kappa shape index (κ3) is 2.39. The lowest BCUT2D eigenvalue weighted by Gasteiger charge is -2.31. The molecule has 0 saturated carbocycles. The molecule has 20 heavy (non-hydrogen) atoms. The topological polar surface area (TPSA) is 72.9 Å². The normalized spacial score (nSPS) is 19.5. The fourth-order valence-electron chi connectivity index (χ4n) is 2.42. The van der Waals surface area contributed by atoms with Gasteiger partial charge in [-0.3, -0.25) is 4.79 Å². The Hall–Kier alpha value is -1.92. The van der Waals surface area contributed by atoms with E-state index in [0.717, 1.165) is 11.1 Å². The molecule has 1 atom stereocenters. The summed E-state index contributed by atoms with van der Waals surface area (Å²) in [6.45, 7) is 4.08. The second kappa shape index (κ2) is 5.22. The van der Waals surface area contributed by atoms with E-state index in [-0.39, 0.29) is 12.0 Å². The SMILES string of the molecule is Cc1ccn2nc(C(=O)N3CCO[C@@H](CN)C3)cc2c1. The number of ether oxygens (including phenoxy) is 1. The van der Waals surface area contributed by atoms with E-state index in [1.54, 1.807) is 9.42 Å². The molecule has 0 aromatic carbocycles. The highest BCUT2D eigenvalue weighted by Gasteiger charge is 2.25. The molecule has 2 N–H and O–H groups in total. The lowest BCUT2D eigenvalue weighted by atomic mass is 10.2. The number of carbonyl (C=O) groups is 1. The standard InChI is InChI=1S/C14H18N4O2/c1-10-2-3-18-11(6-10)7-13(16-18)14(19)17-4-5-20-12(8-15)9-17/h2-3,6-7,12H,4-5,8-9,15H2,1H3/t12-/m0/s1. The van der Waals surface area contributed by atoms with Crippen molar-refractivity contribution in [2.45, 2.75) is 13.0 Å². The summed E-state index contributed by atoms with van der Waals surface area (Å²) in [6.07, 6.45) is 1.79. The number of aromatic nitrogens is 2. The summed E-state index contributed by atoms with van der Waals surface area (Å²) in [5.41, 5.74) is 8.14. The molecule has 1 aliphatic rings. The second-order valence-corrected chi connectivity index (χ2v) is 5.08. The summed E-state index contributed by atoms with van der Waals surface area (Å²) < 4.78 is 7.20. The monoisotopic (exact) mass is 274 g/mol. The summed E-state index contributed by atoms with van der Waals surface area (Å²) in [5.74, 6) is -0.0619. The molecular formula is C14H18N4O2. The van der Waals surface area contributed by atoms with Crippen molar-refractivity contribution in [3.8, 4) is 0 Å². The molecule has 3 rings (SSSR count). The minimum atomic E-state index is -0.0769. The summed E-state index contributed by atoms with van der Waals surface area (Å²) in [5, 5.41) is 4.33. The third-order valence-corrected chi connectivity index (χ3v) is 3.53. The van der Waals surface area contributed by atoms with Gasteiger partial charge < -0.3 is 15.4 Å². The number of pyridine rings is 1. The molecule has 0 unspecified atom stereocenters. The first-order valence-electron chi connectivity index (χ1n) is 6.74. The molecule has 2 aromatic rings. The van der Waals surface area contributed by atoms with E-state index in [0.29, 0.717) is 31.9 Å². The average Bonchev–Trinajstić information content (AvgIpc) is 2.89. The molecule has 0 bridgehead atoms. The van der Waals surface area contributed by atoms with Gasteiger partial charge in [-0.05, 0) is 30.7 Å². The molecule has 0 spiro atoms. The van der Waals surface area contributed by atoms with E-state index >= 15 is 0 Å². The van der Waals surface area contributed by atoms with Gasteiger partial charge >= 0.3 is 0 Å². The van der Waals surface area contributed by atoms with E-state index < -0.39 is 0 Å². The van der Waals surface area contributed by atoms with Crippen LogP contribution < -0.4 is 5.73 Å². The van der Waals surface area contributed by atoms with Crippen LogP contribution in [0.2, 0.25) is 0 Å². The van der Waals surface area contributed by atoms with Crippen LogP contribution in [0.4, 0.5) is 0 Å². The first-order chi connectivity index (χ1) is 9.67. The lowest BCUT2D eigenvalue weighted by molar-refractivity contribution is -0.0169. The van der Waals surface area contributed by atoms with Gasteiger partial charge in [-0.25, -0.2) is 4.52 Å². The molecule has 1 saturated heterocycles. The Labute approximate surface area is 117 Å². The number of carbonyl (C=O) groups excluding carboxylic acids is 1. The number of amides is 1. The van der Waals surface area contributed by atoms with Crippen molar-refractivity contribution in [3.63, 3.8) is 0 Å². The van der Waals surface area contributed by atoms with Gasteiger partial charge in [0.25, 0.3) is 5.91 Å². The molecule has 0 radical (unpaired) electrons. The van der Waals surface area contributed by atoms with Gasteiger partial charge in [0, 0.05) is 25.8 Å². The molecular weight excluding hydrogens is 256 g/mol. The Balaban J connectivity index is 1.84. The quantitative estimate of drug-likeness (QED) is 0.862. The van der Waals surface area contributed by atoms with Crippen LogP contribution in [0.5, 0.6) is 0 Å². The van der Waals surface area contributed by atoms with Crippen molar-refractivity contribution in [3.05, 3.63) is 35.7 Å². The Morgan fingerprint density at radius 3 is 3.20 bits per heavy atom. The summed E-state index contributed by atoms with van der Waals surface area (Å²) >= 11 is 0. The lowest BCUT2D eigenvalue weighted by Crippen LogP contribution is -2.48. The van der Waals surface area contributed by atoms with Crippen LogP contribution in [0.25, 0.3) is 5.52 Å². The summed E-state index contributed by atoms with van der Waals surface area (Å²) in [7, 11) is 0. The number of fused-ring (bicyclic) bond motifs is 1. The van der Waals surface area contributed by atoms with E-state index in [4.69, 9.17) is 10.5 Å². The van der Waals surface area contributed by atoms with Crippen molar-refractivity contribution < 1.29 is 9.53 Å². The van der Waals surface area contributed by atoms with Gasteiger partial charge in [0.05, 0.1) is 18.2 Å². The van der Waals surface area contributed by atoms with Crippen molar-refractivity contribution >= 4 is 11.4 Å². The fourth-order valence-corrected chi connectivity index (χ4v) is 2.42. The summed E-state index contributed by atoms with van der Waals surface area (Å²) in [4.78, 5) is 14.2. The summed E-state index contributed by atoms with van der Waals surface area (Å²) in [6, 6.07) is 5.79. The van der Waals surface area contributed by atoms with Gasteiger partial charge in [-0.2, -0.15) is 5.10 Å². The number of nitrogens with two attached hydrogens (primary N) is 1. The Morgan fingerprint density at radius 2 is 2.40 bits per heavy atom. The van der Waals surface area contributed by atoms with Crippen LogP contribution in [0, 0.1) is 6.92 Å². The number of hydrogen-bond acceptors (Lipinski definition) is 4. The van der Waals surface area contributed by atoms with E-state index in [2.05, 4.69) is 5.10 Å². The van der Waals surface area contributed by atoms with Crippen LogP contribution >= 0.6 is 0 Å². The predicted octanol–water partition coefficient (Wildman–Crippen LogP) is 0.442. The molecule has 0 aliphatic carbocycles. The predicted molar refractivity (Wildman–Crippen MR) is 74.6 cm³/mol. The van der Waals surface area contributed by atoms with Crippen LogP contribution in [0.15, 0.2) is 24.4 Å². The number of aryl methyl sites for hydroxylation is 1. The first-order valence-corrected chi connectivity index (χ1v) is 6.74. The highest BCUT2D eigenvalue weighted by Crippen LogP contribution is 2.13.